The zero-order valence-corrected chi connectivity index (χ0v) is 11.2. The van der Waals surface area contributed by atoms with Crippen LogP contribution in [0.15, 0.2) is 24.4 Å². The Labute approximate surface area is 111 Å². The molecule has 5 heteroatoms. The van der Waals surface area contributed by atoms with Crippen molar-refractivity contribution < 1.29 is 4.79 Å². The molecule has 0 aliphatic rings. The van der Waals surface area contributed by atoms with Gasteiger partial charge >= 0.3 is 0 Å². The molecule has 1 aromatic heterocycles. The van der Waals surface area contributed by atoms with Gasteiger partial charge in [0.2, 0.25) is 0 Å². The van der Waals surface area contributed by atoms with Crippen LogP contribution in [0.4, 0.5) is 11.5 Å². The summed E-state index contributed by atoms with van der Waals surface area (Å²) in [5.41, 5.74) is 8.74. The van der Waals surface area contributed by atoms with Gasteiger partial charge in [-0.2, -0.15) is 0 Å². The smallest absolute Gasteiger partial charge is 0.254 e. The second-order valence-corrected chi connectivity index (χ2v) is 4.55. The number of amides is 1. The van der Waals surface area contributed by atoms with E-state index in [1.54, 1.807) is 6.92 Å². The fraction of sp³-hybridized carbons (Fsp3) is 0.214. The largest absolute Gasteiger partial charge is 0.365 e. The van der Waals surface area contributed by atoms with Gasteiger partial charge in [0.15, 0.2) is 0 Å². The van der Waals surface area contributed by atoms with E-state index in [0.717, 1.165) is 16.8 Å². The minimum atomic E-state index is -0.549. The van der Waals surface area contributed by atoms with Crippen LogP contribution < -0.4 is 11.1 Å². The van der Waals surface area contributed by atoms with Crippen molar-refractivity contribution in [3.8, 4) is 0 Å². The fourth-order valence-electron chi connectivity index (χ4n) is 1.93. The topological polar surface area (TPSA) is 80.9 Å². The molecule has 0 spiro atoms. The number of primary amides is 1. The first-order valence-corrected chi connectivity index (χ1v) is 5.94. The lowest BCUT2D eigenvalue weighted by atomic mass is 10.1. The Morgan fingerprint density at radius 1 is 1.16 bits per heavy atom. The summed E-state index contributed by atoms with van der Waals surface area (Å²) in [5.74, 6) is 0.466. The minimum Gasteiger partial charge on any atom is -0.365 e. The third kappa shape index (κ3) is 3.07. The summed E-state index contributed by atoms with van der Waals surface area (Å²) in [6, 6.07) is 6.04. The summed E-state index contributed by atoms with van der Waals surface area (Å²) >= 11 is 0. The Hall–Kier alpha value is -2.43. The molecule has 98 valence electrons. The van der Waals surface area contributed by atoms with Gasteiger partial charge in [-0.1, -0.05) is 6.07 Å². The van der Waals surface area contributed by atoms with Gasteiger partial charge in [-0.25, -0.2) is 9.97 Å². The van der Waals surface area contributed by atoms with Gasteiger partial charge in [-0.05, 0) is 44.0 Å². The van der Waals surface area contributed by atoms with E-state index in [2.05, 4.69) is 21.4 Å². The lowest BCUT2D eigenvalue weighted by molar-refractivity contribution is 0.100. The number of anilines is 2. The highest BCUT2D eigenvalue weighted by atomic mass is 16.1. The van der Waals surface area contributed by atoms with Crippen molar-refractivity contribution >= 4 is 17.4 Å². The van der Waals surface area contributed by atoms with E-state index in [-0.39, 0.29) is 5.56 Å². The number of carbonyl (C=O) groups excluding carboxylic acids is 1. The van der Waals surface area contributed by atoms with Crippen molar-refractivity contribution in [2.45, 2.75) is 20.8 Å². The molecule has 1 aromatic carbocycles. The van der Waals surface area contributed by atoms with Crippen LogP contribution in [0, 0.1) is 20.8 Å². The molecule has 0 saturated heterocycles. The van der Waals surface area contributed by atoms with Crippen molar-refractivity contribution in [3.05, 3.63) is 46.9 Å². The molecule has 3 N–H and O–H groups in total. The zero-order valence-electron chi connectivity index (χ0n) is 11.2. The van der Waals surface area contributed by atoms with Crippen molar-refractivity contribution in [2.24, 2.45) is 5.73 Å². The Morgan fingerprint density at radius 2 is 1.79 bits per heavy atom. The van der Waals surface area contributed by atoms with Gasteiger partial charge in [0, 0.05) is 11.9 Å². The van der Waals surface area contributed by atoms with Crippen molar-refractivity contribution in [2.75, 3.05) is 5.32 Å². The molecule has 2 rings (SSSR count). The second-order valence-electron chi connectivity index (χ2n) is 4.55. The molecule has 19 heavy (non-hydrogen) atoms. The van der Waals surface area contributed by atoms with Crippen LogP contribution >= 0.6 is 0 Å². The fourth-order valence-corrected chi connectivity index (χ4v) is 1.93. The van der Waals surface area contributed by atoms with E-state index < -0.39 is 5.91 Å². The van der Waals surface area contributed by atoms with E-state index in [4.69, 9.17) is 5.73 Å². The molecule has 0 aliphatic carbocycles. The van der Waals surface area contributed by atoms with Crippen molar-refractivity contribution in [3.63, 3.8) is 0 Å². The van der Waals surface area contributed by atoms with Gasteiger partial charge in [-0.15, -0.1) is 0 Å². The summed E-state index contributed by atoms with van der Waals surface area (Å²) < 4.78 is 0. The van der Waals surface area contributed by atoms with Gasteiger partial charge in [0.05, 0.1) is 0 Å². The summed E-state index contributed by atoms with van der Waals surface area (Å²) in [4.78, 5) is 19.6. The summed E-state index contributed by atoms with van der Waals surface area (Å²) in [6.07, 6.45) is 1.44. The van der Waals surface area contributed by atoms with Gasteiger partial charge in [0.25, 0.3) is 5.91 Å². The van der Waals surface area contributed by atoms with E-state index in [0.29, 0.717) is 11.6 Å². The molecule has 0 bridgehead atoms. The molecule has 1 amide bonds. The maximum absolute atomic E-state index is 11.4. The third-order valence-corrected chi connectivity index (χ3v) is 2.66. The first-order valence-electron chi connectivity index (χ1n) is 5.94. The van der Waals surface area contributed by atoms with Crippen molar-refractivity contribution in [1.82, 2.24) is 9.97 Å². The highest BCUT2D eigenvalue weighted by Gasteiger charge is 2.11. The molecule has 0 radical (unpaired) electrons. The molecule has 0 fully saturated rings. The highest BCUT2D eigenvalue weighted by molar-refractivity contribution is 5.97. The number of nitrogens with two attached hydrogens (primary N) is 1. The molecule has 1 heterocycles. The van der Waals surface area contributed by atoms with E-state index in [1.165, 1.54) is 6.20 Å². The Kier molecular flexibility index (Phi) is 3.46. The number of aryl methyl sites for hydroxylation is 3. The molecule has 0 aliphatic heterocycles. The quantitative estimate of drug-likeness (QED) is 0.882. The molecule has 5 nitrogen and oxygen atoms in total. The summed E-state index contributed by atoms with van der Waals surface area (Å²) in [7, 11) is 0. The molecular formula is C14H16N4O. The van der Waals surface area contributed by atoms with Crippen LogP contribution in [-0.4, -0.2) is 15.9 Å². The molecular weight excluding hydrogens is 240 g/mol. The van der Waals surface area contributed by atoms with E-state index >= 15 is 0 Å². The molecule has 2 aromatic rings. The summed E-state index contributed by atoms with van der Waals surface area (Å²) in [5, 5.41) is 3.12. The van der Waals surface area contributed by atoms with E-state index in [1.807, 2.05) is 26.0 Å². The SMILES string of the molecule is Cc1cc(C)cc(Nc2nc(C)ncc2C(N)=O)c1. The van der Waals surface area contributed by atoms with Crippen LogP contribution in [0.3, 0.4) is 0 Å². The molecule has 0 saturated carbocycles. The predicted molar refractivity (Wildman–Crippen MR) is 74.5 cm³/mol. The minimum absolute atomic E-state index is 0.282. The van der Waals surface area contributed by atoms with Gasteiger partial charge < -0.3 is 11.1 Å². The number of hydrogen-bond acceptors (Lipinski definition) is 4. The Bertz CT molecular complexity index is 617. The van der Waals surface area contributed by atoms with Crippen LogP contribution in [-0.2, 0) is 0 Å². The standard InChI is InChI=1S/C14H16N4O/c1-8-4-9(2)6-11(5-8)18-14-12(13(15)19)7-16-10(3)17-14/h4-7H,1-3H3,(H2,15,19)(H,16,17,18). The van der Waals surface area contributed by atoms with Crippen LogP contribution in [0.25, 0.3) is 0 Å². The number of benzene rings is 1. The maximum Gasteiger partial charge on any atom is 0.254 e. The van der Waals surface area contributed by atoms with Crippen LogP contribution in [0.2, 0.25) is 0 Å². The van der Waals surface area contributed by atoms with Crippen molar-refractivity contribution in [1.29, 1.82) is 0 Å². The highest BCUT2D eigenvalue weighted by Crippen LogP contribution is 2.20. The molecule has 0 atom stereocenters. The maximum atomic E-state index is 11.4. The third-order valence-electron chi connectivity index (χ3n) is 2.66. The zero-order chi connectivity index (χ0) is 14.0. The first kappa shape index (κ1) is 13.0. The number of hydrogen-bond donors (Lipinski definition) is 2. The monoisotopic (exact) mass is 256 g/mol. The lowest BCUT2D eigenvalue weighted by Gasteiger charge is -2.11. The average molecular weight is 256 g/mol. The van der Waals surface area contributed by atoms with E-state index in [9.17, 15) is 4.79 Å². The first-order chi connectivity index (χ1) is 8.95. The second kappa shape index (κ2) is 5.06. The van der Waals surface area contributed by atoms with Gasteiger partial charge in [0.1, 0.15) is 17.2 Å². The molecule has 0 unspecified atom stereocenters. The number of carbonyl (C=O) groups is 1. The van der Waals surface area contributed by atoms with Crippen LogP contribution in [0.5, 0.6) is 0 Å². The Balaban J connectivity index is 2.42. The van der Waals surface area contributed by atoms with Gasteiger partial charge in [-0.3, -0.25) is 4.79 Å². The normalized spacial score (nSPS) is 10.3. The number of aromatic nitrogens is 2. The predicted octanol–water partition coefficient (Wildman–Crippen LogP) is 2.24. The average Bonchev–Trinajstić information content (AvgIpc) is 2.26. The lowest BCUT2D eigenvalue weighted by Crippen LogP contribution is -2.15. The number of nitrogens with zero attached hydrogens (tertiary/aromatic N) is 2. The number of nitrogens with one attached hydrogen (secondary N) is 1. The number of rotatable bonds is 3. The summed E-state index contributed by atoms with van der Waals surface area (Å²) in [6.45, 7) is 5.79. The van der Waals surface area contributed by atoms with Crippen LogP contribution in [0.1, 0.15) is 27.3 Å². The Morgan fingerprint density at radius 3 is 2.37 bits per heavy atom.